The molecule has 2 unspecified atom stereocenters. The quantitative estimate of drug-likeness (QED) is 0.687. The molecule has 0 aliphatic carbocycles. The number of rotatable bonds is 4. The van der Waals surface area contributed by atoms with Crippen LogP contribution in [-0.2, 0) is 9.59 Å². The van der Waals surface area contributed by atoms with Crippen molar-refractivity contribution in [2.45, 2.75) is 32.7 Å². The fourth-order valence-electron chi connectivity index (χ4n) is 1.99. The van der Waals surface area contributed by atoms with Gasteiger partial charge in [0.05, 0.1) is 6.04 Å². The molecule has 1 fully saturated rings. The summed E-state index contributed by atoms with van der Waals surface area (Å²) in [5.41, 5.74) is 0. The molecule has 1 amide bonds. The summed E-state index contributed by atoms with van der Waals surface area (Å²) in [6, 6.07) is -0.118. The summed E-state index contributed by atoms with van der Waals surface area (Å²) >= 11 is 0. The number of aldehydes is 1. The van der Waals surface area contributed by atoms with Crippen LogP contribution >= 0.6 is 0 Å². The second kappa shape index (κ2) is 5.85. The summed E-state index contributed by atoms with van der Waals surface area (Å²) in [5.74, 6) is 0.166. The predicted molar refractivity (Wildman–Crippen MR) is 58.5 cm³/mol. The SMILES string of the molecule is CCNC(=O)C(C)N1CCCC(C=O)C1. The topological polar surface area (TPSA) is 49.4 Å². The predicted octanol–water partition coefficient (Wildman–Crippen LogP) is 0.422. The third-order valence-corrected chi connectivity index (χ3v) is 2.96. The van der Waals surface area contributed by atoms with Crippen LogP contribution in [0.4, 0.5) is 0 Å². The van der Waals surface area contributed by atoms with Crippen molar-refractivity contribution in [1.82, 2.24) is 10.2 Å². The molecule has 0 bridgehead atoms. The van der Waals surface area contributed by atoms with Crippen molar-refractivity contribution < 1.29 is 9.59 Å². The molecule has 86 valence electrons. The summed E-state index contributed by atoms with van der Waals surface area (Å²) in [6.45, 7) is 6.12. The monoisotopic (exact) mass is 212 g/mol. The van der Waals surface area contributed by atoms with E-state index in [1.165, 1.54) is 0 Å². The maximum Gasteiger partial charge on any atom is 0.237 e. The molecule has 0 aromatic rings. The van der Waals surface area contributed by atoms with E-state index in [1.54, 1.807) is 0 Å². The molecule has 0 spiro atoms. The fraction of sp³-hybridized carbons (Fsp3) is 0.818. The molecule has 1 saturated heterocycles. The number of nitrogens with one attached hydrogen (secondary N) is 1. The Labute approximate surface area is 91.0 Å². The van der Waals surface area contributed by atoms with Gasteiger partial charge in [0.25, 0.3) is 0 Å². The van der Waals surface area contributed by atoms with Gasteiger partial charge < -0.3 is 10.1 Å². The Bertz CT molecular complexity index is 231. The highest BCUT2D eigenvalue weighted by atomic mass is 16.2. The van der Waals surface area contributed by atoms with Gasteiger partial charge in [0.1, 0.15) is 6.29 Å². The molecule has 0 aromatic heterocycles. The molecule has 4 nitrogen and oxygen atoms in total. The number of likely N-dealkylation sites (tertiary alicyclic amines) is 1. The Morgan fingerprint density at radius 1 is 1.67 bits per heavy atom. The zero-order chi connectivity index (χ0) is 11.3. The van der Waals surface area contributed by atoms with Crippen molar-refractivity contribution in [3.8, 4) is 0 Å². The Balaban J connectivity index is 2.47. The van der Waals surface area contributed by atoms with E-state index in [9.17, 15) is 9.59 Å². The van der Waals surface area contributed by atoms with Crippen LogP contribution in [-0.4, -0.2) is 42.8 Å². The van der Waals surface area contributed by atoms with Gasteiger partial charge in [-0.2, -0.15) is 0 Å². The van der Waals surface area contributed by atoms with E-state index < -0.39 is 0 Å². The smallest absolute Gasteiger partial charge is 0.237 e. The molecule has 1 aliphatic rings. The van der Waals surface area contributed by atoms with Gasteiger partial charge in [0, 0.05) is 19.0 Å². The molecular weight excluding hydrogens is 192 g/mol. The summed E-state index contributed by atoms with van der Waals surface area (Å²) in [4.78, 5) is 24.4. The van der Waals surface area contributed by atoms with E-state index in [4.69, 9.17) is 0 Å². The summed E-state index contributed by atoms with van der Waals surface area (Å²) < 4.78 is 0. The number of nitrogens with zero attached hydrogens (tertiary/aromatic N) is 1. The first-order valence-electron chi connectivity index (χ1n) is 5.66. The molecule has 0 saturated carbocycles. The highest BCUT2D eigenvalue weighted by Gasteiger charge is 2.26. The molecule has 1 heterocycles. The van der Waals surface area contributed by atoms with Crippen LogP contribution in [0.25, 0.3) is 0 Å². The largest absolute Gasteiger partial charge is 0.355 e. The second-order valence-electron chi connectivity index (χ2n) is 4.10. The number of hydrogen-bond acceptors (Lipinski definition) is 3. The lowest BCUT2D eigenvalue weighted by Crippen LogP contribution is -2.49. The second-order valence-corrected chi connectivity index (χ2v) is 4.10. The van der Waals surface area contributed by atoms with Crippen molar-refractivity contribution >= 4 is 12.2 Å². The molecule has 0 radical (unpaired) electrons. The minimum Gasteiger partial charge on any atom is -0.355 e. The van der Waals surface area contributed by atoms with Gasteiger partial charge in [-0.3, -0.25) is 9.69 Å². The highest BCUT2D eigenvalue weighted by Crippen LogP contribution is 2.16. The minimum atomic E-state index is -0.118. The van der Waals surface area contributed by atoms with Gasteiger partial charge in [-0.25, -0.2) is 0 Å². The molecule has 2 atom stereocenters. The van der Waals surface area contributed by atoms with Crippen LogP contribution in [0.1, 0.15) is 26.7 Å². The van der Waals surface area contributed by atoms with E-state index in [-0.39, 0.29) is 17.9 Å². The Hall–Kier alpha value is -0.900. The fourth-order valence-corrected chi connectivity index (χ4v) is 1.99. The first-order chi connectivity index (χ1) is 7.19. The Morgan fingerprint density at radius 2 is 2.40 bits per heavy atom. The normalized spacial score (nSPS) is 24.5. The summed E-state index contributed by atoms with van der Waals surface area (Å²) in [5, 5.41) is 2.81. The van der Waals surface area contributed by atoms with Gasteiger partial charge in [-0.05, 0) is 33.2 Å². The summed E-state index contributed by atoms with van der Waals surface area (Å²) in [7, 11) is 0. The number of likely N-dealkylation sites (N-methyl/N-ethyl adjacent to an activating group) is 1. The average Bonchev–Trinajstić information content (AvgIpc) is 2.28. The molecule has 1 rings (SSSR count). The first-order valence-corrected chi connectivity index (χ1v) is 5.66. The van der Waals surface area contributed by atoms with Gasteiger partial charge in [0.2, 0.25) is 5.91 Å². The Morgan fingerprint density at radius 3 is 3.00 bits per heavy atom. The molecule has 4 heteroatoms. The molecule has 1 N–H and O–H groups in total. The van der Waals surface area contributed by atoms with Gasteiger partial charge in [0.15, 0.2) is 0 Å². The Kier molecular flexibility index (Phi) is 4.75. The highest BCUT2D eigenvalue weighted by molar-refractivity contribution is 5.81. The van der Waals surface area contributed by atoms with Crippen LogP contribution in [0.5, 0.6) is 0 Å². The van der Waals surface area contributed by atoms with E-state index in [1.807, 2.05) is 13.8 Å². The minimum absolute atomic E-state index is 0.0593. The number of hydrogen-bond donors (Lipinski definition) is 1. The van der Waals surface area contributed by atoms with Crippen LogP contribution in [0.2, 0.25) is 0 Å². The average molecular weight is 212 g/mol. The van der Waals surface area contributed by atoms with Crippen molar-refractivity contribution in [2.24, 2.45) is 5.92 Å². The van der Waals surface area contributed by atoms with Crippen LogP contribution in [0, 0.1) is 5.92 Å². The third-order valence-electron chi connectivity index (χ3n) is 2.96. The lowest BCUT2D eigenvalue weighted by atomic mass is 9.98. The molecular formula is C11H20N2O2. The van der Waals surface area contributed by atoms with Gasteiger partial charge >= 0.3 is 0 Å². The number of carbonyl (C=O) groups excluding carboxylic acids is 2. The zero-order valence-corrected chi connectivity index (χ0v) is 9.53. The third kappa shape index (κ3) is 3.30. The van der Waals surface area contributed by atoms with Crippen LogP contribution in [0.15, 0.2) is 0 Å². The van der Waals surface area contributed by atoms with Crippen molar-refractivity contribution in [2.75, 3.05) is 19.6 Å². The maximum atomic E-state index is 11.6. The van der Waals surface area contributed by atoms with Crippen molar-refractivity contribution in [3.63, 3.8) is 0 Å². The standard InChI is InChI=1S/C11H20N2O2/c1-3-12-11(15)9(2)13-6-4-5-10(7-13)8-14/h8-10H,3-7H2,1-2H3,(H,12,15). The maximum absolute atomic E-state index is 11.6. The van der Waals surface area contributed by atoms with Gasteiger partial charge in [-0.1, -0.05) is 0 Å². The van der Waals surface area contributed by atoms with Crippen LogP contribution in [0.3, 0.4) is 0 Å². The molecule has 15 heavy (non-hydrogen) atoms. The van der Waals surface area contributed by atoms with Crippen molar-refractivity contribution in [1.29, 1.82) is 0 Å². The van der Waals surface area contributed by atoms with Crippen molar-refractivity contribution in [3.05, 3.63) is 0 Å². The molecule has 1 aliphatic heterocycles. The van der Waals surface area contributed by atoms with Crippen LogP contribution < -0.4 is 5.32 Å². The molecule has 0 aromatic carbocycles. The zero-order valence-electron chi connectivity index (χ0n) is 9.53. The van der Waals surface area contributed by atoms with E-state index in [0.717, 1.165) is 32.2 Å². The van der Waals surface area contributed by atoms with Gasteiger partial charge in [-0.15, -0.1) is 0 Å². The summed E-state index contributed by atoms with van der Waals surface area (Å²) in [6.07, 6.45) is 2.98. The lowest BCUT2D eigenvalue weighted by molar-refractivity contribution is -0.127. The van der Waals surface area contributed by atoms with E-state index in [0.29, 0.717) is 6.54 Å². The first kappa shape index (κ1) is 12.2. The van der Waals surface area contributed by atoms with E-state index >= 15 is 0 Å². The number of carbonyl (C=O) groups is 2. The van der Waals surface area contributed by atoms with E-state index in [2.05, 4.69) is 10.2 Å². The number of piperidine rings is 1. The number of amides is 1. The lowest BCUT2D eigenvalue weighted by Gasteiger charge is -2.34.